The van der Waals surface area contributed by atoms with E-state index in [2.05, 4.69) is 5.32 Å². The number of benzene rings is 2. The van der Waals surface area contributed by atoms with Crippen molar-refractivity contribution >= 4 is 5.91 Å². The molecule has 0 fully saturated rings. The molecule has 28 heavy (non-hydrogen) atoms. The van der Waals surface area contributed by atoms with E-state index in [1.165, 1.54) is 0 Å². The number of methoxy groups -OCH3 is 2. The van der Waals surface area contributed by atoms with Crippen molar-refractivity contribution in [2.45, 2.75) is 26.3 Å². The summed E-state index contributed by atoms with van der Waals surface area (Å²) < 4.78 is 12.2. The average Bonchev–Trinajstić information content (AvgIpc) is 3.19. The van der Waals surface area contributed by atoms with Crippen LogP contribution in [0.3, 0.4) is 0 Å². The molecule has 0 unspecified atom stereocenters. The van der Waals surface area contributed by atoms with E-state index in [0.29, 0.717) is 11.4 Å². The molecule has 0 aliphatic carbocycles. The molecule has 1 N–H and O–H groups in total. The van der Waals surface area contributed by atoms with E-state index >= 15 is 0 Å². The lowest BCUT2D eigenvalue weighted by Crippen LogP contribution is -2.33. The molecule has 0 saturated heterocycles. The normalized spacial score (nSPS) is 11.7. The molecule has 3 rings (SSSR count). The standard InChI is InChI=1S/C22H25N3O3/c1-5-15(2)23-22(26)21-14-20(16-7-6-8-19(13-16)28-4)24-25(21)17-9-11-18(27-3)12-10-17/h6-15H,5H2,1-4H3,(H,23,26)/t15-/m0/s1. The van der Waals surface area contributed by atoms with Crippen molar-refractivity contribution < 1.29 is 14.3 Å². The van der Waals surface area contributed by atoms with E-state index in [1.54, 1.807) is 25.0 Å². The molecule has 2 aromatic carbocycles. The summed E-state index contributed by atoms with van der Waals surface area (Å²) in [5, 5.41) is 7.71. The van der Waals surface area contributed by atoms with Gasteiger partial charge in [0.25, 0.3) is 5.91 Å². The lowest BCUT2D eigenvalue weighted by Gasteiger charge is -2.12. The van der Waals surface area contributed by atoms with Crippen LogP contribution in [0.2, 0.25) is 0 Å². The molecule has 1 aromatic heterocycles. The summed E-state index contributed by atoms with van der Waals surface area (Å²) in [5.41, 5.74) is 2.83. The van der Waals surface area contributed by atoms with E-state index in [9.17, 15) is 4.79 Å². The third-order valence-corrected chi connectivity index (χ3v) is 4.61. The monoisotopic (exact) mass is 379 g/mol. The van der Waals surface area contributed by atoms with Gasteiger partial charge in [-0.2, -0.15) is 5.10 Å². The highest BCUT2D eigenvalue weighted by molar-refractivity contribution is 5.94. The molecule has 0 radical (unpaired) electrons. The van der Waals surface area contributed by atoms with E-state index in [1.807, 2.05) is 62.4 Å². The number of ether oxygens (including phenoxy) is 2. The third-order valence-electron chi connectivity index (χ3n) is 4.61. The Bertz CT molecular complexity index is 948. The Morgan fingerprint density at radius 3 is 2.43 bits per heavy atom. The van der Waals surface area contributed by atoms with Crippen LogP contribution in [0.5, 0.6) is 11.5 Å². The quantitative estimate of drug-likeness (QED) is 0.672. The Kier molecular flexibility index (Phi) is 5.99. The number of nitrogens with zero attached hydrogens (tertiary/aromatic N) is 2. The van der Waals surface area contributed by atoms with Gasteiger partial charge in [0.05, 0.1) is 25.6 Å². The largest absolute Gasteiger partial charge is 0.497 e. The second-order valence-corrected chi connectivity index (χ2v) is 6.54. The number of carbonyl (C=O) groups is 1. The Balaban J connectivity index is 2.06. The summed E-state index contributed by atoms with van der Waals surface area (Å²) in [6.45, 7) is 4.02. The molecule has 1 atom stereocenters. The van der Waals surface area contributed by atoms with Crippen LogP contribution in [-0.2, 0) is 0 Å². The number of carbonyl (C=O) groups excluding carboxylic acids is 1. The van der Waals surface area contributed by atoms with Crippen LogP contribution in [0, 0.1) is 0 Å². The average molecular weight is 379 g/mol. The maximum Gasteiger partial charge on any atom is 0.270 e. The third kappa shape index (κ3) is 4.17. The second-order valence-electron chi connectivity index (χ2n) is 6.54. The minimum atomic E-state index is -0.160. The highest BCUT2D eigenvalue weighted by atomic mass is 16.5. The fourth-order valence-electron chi connectivity index (χ4n) is 2.79. The van der Waals surface area contributed by atoms with Gasteiger partial charge in [-0.15, -0.1) is 0 Å². The molecule has 0 spiro atoms. The van der Waals surface area contributed by atoms with Gasteiger partial charge in [0.2, 0.25) is 0 Å². The van der Waals surface area contributed by atoms with Crippen molar-refractivity contribution in [1.82, 2.24) is 15.1 Å². The second kappa shape index (κ2) is 8.61. The zero-order chi connectivity index (χ0) is 20.1. The number of aromatic nitrogens is 2. The molecule has 0 bridgehead atoms. The number of nitrogens with one attached hydrogen (secondary N) is 1. The summed E-state index contributed by atoms with van der Waals surface area (Å²) in [7, 11) is 3.24. The number of hydrogen-bond acceptors (Lipinski definition) is 4. The van der Waals surface area contributed by atoms with E-state index in [4.69, 9.17) is 14.6 Å². The summed E-state index contributed by atoms with van der Waals surface area (Å²) >= 11 is 0. The first-order valence-electron chi connectivity index (χ1n) is 9.25. The lowest BCUT2D eigenvalue weighted by atomic mass is 10.1. The molecule has 6 nitrogen and oxygen atoms in total. The van der Waals surface area contributed by atoms with Crippen molar-refractivity contribution in [2.75, 3.05) is 14.2 Å². The van der Waals surface area contributed by atoms with Crippen LogP contribution in [0.15, 0.2) is 54.6 Å². The Morgan fingerprint density at radius 1 is 1.07 bits per heavy atom. The van der Waals surface area contributed by atoms with Crippen molar-refractivity contribution in [3.63, 3.8) is 0 Å². The van der Waals surface area contributed by atoms with Crippen LogP contribution in [-0.4, -0.2) is 35.9 Å². The van der Waals surface area contributed by atoms with E-state index in [0.717, 1.165) is 29.2 Å². The first-order valence-corrected chi connectivity index (χ1v) is 9.25. The topological polar surface area (TPSA) is 65.4 Å². The molecule has 0 saturated carbocycles. The van der Waals surface area contributed by atoms with Gasteiger partial charge in [-0.25, -0.2) is 4.68 Å². The lowest BCUT2D eigenvalue weighted by molar-refractivity contribution is 0.0931. The summed E-state index contributed by atoms with van der Waals surface area (Å²) in [5.74, 6) is 1.32. The fourth-order valence-corrected chi connectivity index (χ4v) is 2.79. The highest BCUT2D eigenvalue weighted by Crippen LogP contribution is 2.26. The van der Waals surface area contributed by atoms with Gasteiger partial charge in [0.15, 0.2) is 0 Å². The van der Waals surface area contributed by atoms with Crippen LogP contribution in [0.4, 0.5) is 0 Å². The van der Waals surface area contributed by atoms with Gasteiger partial charge < -0.3 is 14.8 Å². The molecule has 1 heterocycles. The molecule has 3 aromatic rings. The van der Waals surface area contributed by atoms with Gasteiger partial charge in [0.1, 0.15) is 17.2 Å². The molecule has 6 heteroatoms. The summed E-state index contributed by atoms with van der Waals surface area (Å²) in [6.07, 6.45) is 0.852. The Labute approximate surface area is 165 Å². The van der Waals surface area contributed by atoms with Gasteiger partial charge in [0, 0.05) is 11.6 Å². The SMILES string of the molecule is CC[C@H](C)NC(=O)c1cc(-c2cccc(OC)c2)nn1-c1ccc(OC)cc1. The van der Waals surface area contributed by atoms with E-state index < -0.39 is 0 Å². The van der Waals surface area contributed by atoms with Crippen molar-refractivity contribution in [2.24, 2.45) is 0 Å². The zero-order valence-corrected chi connectivity index (χ0v) is 16.6. The highest BCUT2D eigenvalue weighted by Gasteiger charge is 2.19. The first-order chi connectivity index (χ1) is 13.5. The minimum absolute atomic E-state index is 0.0759. The summed E-state index contributed by atoms with van der Waals surface area (Å²) in [6, 6.07) is 16.9. The van der Waals surface area contributed by atoms with Gasteiger partial charge in [-0.1, -0.05) is 19.1 Å². The number of amides is 1. The molecule has 146 valence electrons. The predicted molar refractivity (Wildman–Crippen MR) is 109 cm³/mol. The van der Waals surface area contributed by atoms with Crippen molar-refractivity contribution in [3.8, 4) is 28.4 Å². The molecule has 0 aliphatic heterocycles. The smallest absolute Gasteiger partial charge is 0.270 e. The van der Waals surface area contributed by atoms with Crippen LogP contribution in [0.25, 0.3) is 16.9 Å². The van der Waals surface area contributed by atoms with Gasteiger partial charge >= 0.3 is 0 Å². The van der Waals surface area contributed by atoms with Crippen LogP contribution < -0.4 is 14.8 Å². The van der Waals surface area contributed by atoms with Crippen molar-refractivity contribution in [1.29, 1.82) is 0 Å². The molecule has 1 amide bonds. The molecular formula is C22H25N3O3. The minimum Gasteiger partial charge on any atom is -0.497 e. The zero-order valence-electron chi connectivity index (χ0n) is 16.6. The summed E-state index contributed by atoms with van der Waals surface area (Å²) in [4.78, 5) is 12.9. The Morgan fingerprint density at radius 2 is 1.79 bits per heavy atom. The van der Waals surface area contributed by atoms with Crippen LogP contribution >= 0.6 is 0 Å². The van der Waals surface area contributed by atoms with Gasteiger partial charge in [-0.05, 0) is 55.8 Å². The number of rotatable bonds is 7. The first kappa shape index (κ1) is 19.5. The van der Waals surface area contributed by atoms with Crippen molar-refractivity contribution in [3.05, 3.63) is 60.3 Å². The predicted octanol–water partition coefficient (Wildman–Crippen LogP) is 4.08. The van der Waals surface area contributed by atoms with Gasteiger partial charge in [-0.3, -0.25) is 4.79 Å². The van der Waals surface area contributed by atoms with E-state index in [-0.39, 0.29) is 11.9 Å². The fraction of sp³-hybridized carbons (Fsp3) is 0.273. The van der Waals surface area contributed by atoms with Crippen LogP contribution in [0.1, 0.15) is 30.8 Å². The molecular weight excluding hydrogens is 354 g/mol. The maximum absolute atomic E-state index is 12.9. The Hall–Kier alpha value is -3.28. The molecule has 0 aliphatic rings. The maximum atomic E-state index is 12.9. The number of hydrogen-bond donors (Lipinski definition) is 1.